The predicted molar refractivity (Wildman–Crippen MR) is 103 cm³/mol. The van der Waals surface area contributed by atoms with E-state index in [4.69, 9.17) is 9.15 Å². The summed E-state index contributed by atoms with van der Waals surface area (Å²) in [6.45, 7) is 0. The third-order valence-corrected chi connectivity index (χ3v) is 5.91. The number of amides is 1. The summed E-state index contributed by atoms with van der Waals surface area (Å²) in [7, 11) is 1.48. The first-order valence-electron chi connectivity index (χ1n) is 8.59. The number of fused-ring (bicyclic) bond motifs is 2. The van der Waals surface area contributed by atoms with E-state index >= 15 is 0 Å². The number of hydrogen-bond acceptors (Lipinski definition) is 6. The van der Waals surface area contributed by atoms with Crippen molar-refractivity contribution in [2.45, 2.75) is 25.7 Å². The largest absolute Gasteiger partial charge is 0.493 e. The number of hydrogen-bond donors (Lipinski definition) is 1. The molecule has 2 aromatic heterocycles. The molecule has 2 heterocycles. The van der Waals surface area contributed by atoms with E-state index in [1.54, 1.807) is 18.2 Å². The van der Waals surface area contributed by atoms with Crippen LogP contribution < -0.4 is 15.7 Å². The Morgan fingerprint density at radius 3 is 2.93 bits per heavy atom. The summed E-state index contributed by atoms with van der Waals surface area (Å²) in [5.74, 6) is -0.155. The van der Waals surface area contributed by atoms with Gasteiger partial charge in [-0.1, -0.05) is 12.1 Å². The third-order valence-electron chi connectivity index (χ3n) is 4.70. The summed E-state index contributed by atoms with van der Waals surface area (Å²) in [6.07, 6.45) is 3.90. The highest BCUT2D eigenvalue weighted by Gasteiger charge is 2.23. The molecule has 4 rings (SSSR count). The number of thiophene rings is 1. The molecule has 6 nitrogen and oxygen atoms in total. The fourth-order valence-electron chi connectivity index (χ4n) is 3.38. The molecule has 0 aliphatic heterocycles. The Morgan fingerprint density at radius 1 is 1.33 bits per heavy atom. The minimum Gasteiger partial charge on any atom is -0.493 e. The van der Waals surface area contributed by atoms with Gasteiger partial charge in [0.05, 0.1) is 12.7 Å². The number of aryl methyl sites for hydroxylation is 1. The monoisotopic (exact) mass is 380 g/mol. The van der Waals surface area contributed by atoms with Crippen molar-refractivity contribution in [1.82, 2.24) is 0 Å². The summed E-state index contributed by atoms with van der Waals surface area (Å²) in [6, 6.07) is 8.86. The number of anilines is 1. The summed E-state index contributed by atoms with van der Waals surface area (Å²) >= 11 is 1.42. The lowest BCUT2D eigenvalue weighted by Crippen LogP contribution is -2.20. The van der Waals surface area contributed by atoms with Gasteiger partial charge in [-0.3, -0.25) is 4.79 Å². The number of benzene rings is 1. The average molecular weight is 380 g/mol. The molecule has 3 aromatic rings. The Kier molecular flexibility index (Phi) is 4.42. The van der Waals surface area contributed by atoms with Gasteiger partial charge in [-0.25, -0.2) is 4.79 Å². The second kappa shape index (κ2) is 6.89. The molecule has 0 unspecified atom stereocenters. The molecule has 0 spiro atoms. The molecule has 0 saturated carbocycles. The number of rotatable bonds is 3. The molecular formula is C20H16N2O4S. The Morgan fingerprint density at radius 2 is 2.15 bits per heavy atom. The highest BCUT2D eigenvalue weighted by atomic mass is 32.1. The van der Waals surface area contributed by atoms with Crippen LogP contribution in [0.25, 0.3) is 11.0 Å². The third kappa shape index (κ3) is 2.98. The lowest BCUT2D eigenvalue weighted by Gasteiger charge is -2.09. The summed E-state index contributed by atoms with van der Waals surface area (Å²) in [5, 5.41) is 13.3. The summed E-state index contributed by atoms with van der Waals surface area (Å²) < 4.78 is 10.5. The highest BCUT2D eigenvalue weighted by Crippen LogP contribution is 2.37. The normalized spacial score (nSPS) is 13.0. The van der Waals surface area contributed by atoms with Gasteiger partial charge in [0.25, 0.3) is 5.91 Å². The van der Waals surface area contributed by atoms with Gasteiger partial charge in [0, 0.05) is 10.3 Å². The maximum Gasteiger partial charge on any atom is 0.349 e. The summed E-state index contributed by atoms with van der Waals surface area (Å²) in [5.41, 5.74) is 0.982. The van der Waals surface area contributed by atoms with Crippen LogP contribution in [-0.4, -0.2) is 13.0 Å². The fraction of sp³-hybridized carbons (Fsp3) is 0.250. The number of nitriles is 1. The van der Waals surface area contributed by atoms with Gasteiger partial charge in [0.1, 0.15) is 16.6 Å². The van der Waals surface area contributed by atoms with Crippen molar-refractivity contribution in [3.05, 3.63) is 56.3 Å². The van der Waals surface area contributed by atoms with Gasteiger partial charge in [-0.15, -0.1) is 11.3 Å². The zero-order valence-electron chi connectivity index (χ0n) is 14.6. The van der Waals surface area contributed by atoms with Crippen molar-refractivity contribution >= 4 is 33.2 Å². The standard InChI is InChI=1S/C20H16N2O4S/c1-25-15-7-4-5-11-9-13(20(24)26-17(11)15)18(23)22-19-14(10-21)12-6-2-3-8-16(12)27-19/h4-5,7,9H,2-3,6,8H2,1H3,(H,22,23). The Labute approximate surface area is 159 Å². The minimum atomic E-state index is -0.746. The van der Waals surface area contributed by atoms with Crippen molar-refractivity contribution in [1.29, 1.82) is 5.26 Å². The van der Waals surface area contributed by atoms with Crippen LogP contribution in [0.4, 0.5) is 5.00 Å². The average Bonchev–Trinajstić information content (AvgIpc) is 3.03. The van der Waals surface area contributed by atoms with Gasteiger partial charge in [-0.2, -0.15) is 5.26 Å². The molecule has 1 aliphatic carbocycles. The van der Waals surface area contributed by atoms with E-state index in [1.165, 1.54) is 24.5 Å². The van der Waals surface area contributed by atoms with Gasteiger partial charge in [-0.05, 0) is 43.4 Å². The van der Waals surface area contributed by atoms with E-state index in [0.29, 0.717) is 27.3 Å². The Bertz CT molecular complexity index is 1150. The number of carbonyl (C=O) groups excluding carboxylic acids is 1. The molecule has 0 saturated heterocycles. The second-order valence-corrected chi connectivity index (χ2v) is 7.41. The first-order valence-corrected chi connectivity index (χ1v) is 9.41. The maximum atomic E-state index is 12.7. The fourth-order valence-corrected chi connectivity index (χ4v) is 4.61. The van der Waals surface area contributed by atoms with Crippen molar-refractivity contribution in [3.63, 3.8) is 0 Å². The van der Waals surface area contributed by atoms with Crippen molar-refractivity contribution in [2.24, 2.45) is 0 Å². The molecule has 0 radical (unpaired) electrons. The van der Waals surface area contributed by atoms with Crippen LogP contribution in [-0.2, 0) is 12.8 Å². The van der Waals surface area contributed by atoms with Crippen molar-refractivity contribution in [3.8, 4) is 11.8 Å². The Hall–Kier alpha value is -3.11. The molecule has 0 atom stereocenters. The van der Waals surface area contributed by atoms with Crippen LogP contribution in [0, 0.1) is 11.3 Å². The highest BCUT2D eigenvalue weighted by molar-refractivity contribution is 7.16. The van der Waals surface area contributed by atoms with Crippen molar-refractivity contribution in [2.75, 3.05) is 12.4 Å². The lowest BCUT2D eigenvalue weighted by molar-refractivity contribution is 0.102. The smallest absolute Gasteiger partial charge is 0.349 e. The molecule has 1 aliphatic rings. The number of ether oxygens (including phenoxy) is 1. The van der Waals surface area contributed by atoms with E-state index in [2.05, 4.69) is 11.4 Å². The van der Waals surface area contributed by atoms with Crippen LogP contribution in [0.2, 0.25) is 0 Å². The number of methoxy groups -OCH3 is 1. The Balaban J connectivity index is 1.72. The lowest BCUT2D eigenvalue weighted by atomic mass is 9.96. The molecule has 7 heteroatoms. The molecule has 27 heavy (non-hydrogen) atoms. The SMILES string of the molecule is COc1cccc2cc(C(=O)Nc3sc4c(c3C#N)CCCC4)c(=O)oc12. The van der Waals surface area contributed by atoms with Crippen LogP contribution in [0.3, 0.4) is 0 Å². The number of para-hydroxylation sites is 1. The van der Waals surface area contributed by atoms with E-state index in [0.717, 1.165) is 36.1 Å². The second-order valence-electron chi connectivity index (χ2n) is 6.31. The summed E-state index contributed by atoms with van der Waals surface area (Å²) in [4.78, 5) is 26.2. The van der Waals surface area contributed by atoms with Gasteiger partial charge in [0.2, 0.25) is 0 Å². The first kappa shape index (κ1) is 17.3. The van der Waals surface area contributed by atoms with E-state index in [-0.39, 0.29) is 5.56 Å². The molecule has 0 fully saturated rings. The number of nitrogens with zero attached hydrogens (tertiary/aromatic N) is 1. The molecule has 1 aromatic carbocycles. The molecule has 0 bridgehead atoms. The topological polar surface area (TPSA) is 92.3 Å². The van der Waals surface area contributed by atoms with Gasteiger partial charge >= 0.3 is 5.63 Å². The van der Waals surface area contributed by atoms with E-state index < -0.39 is 11.5 Å². The van der Waals surface area contributed by atoms with E-state index in [9.17, 15) is 14.9 Å². The molecule has 1 amide bonds. The van der Waals surface area contributed by atoms with Crippen LogP contribution in [0.5, 0.6) is 5.75 Å². The zero-order valence-corrected chi connectivity index (χ0v) is 15.4. The molecular weight excluding hydrogens is 364 g/mol. The predicted octanol–water partition coefficient (Wildman–Crippen LogP) is 3.87. The van der Waals surface area contributed by atoms with E-state index in [1.807, 2.05) is 0 Å². The molecule has 136 valence electrons. The molecule has 1 N–H and O–H groups in total. The van der Waals surface area contributed by atoms with Crippen molar-refractivity contribution < 1.29 is 13.9 Å². The van der Waals surface area contributed by atoms with Crippen LogP contribution in [0.15, 0.2) is 33.5 Å². The van der Waals surface area contributed by atoms with Gasteiger partial charge < -0.3 is 14.5 Å². The zero-order chi connectivity index (χ0) is 19.0. The quantitative estimate of drug-likeness (QED) is 0.697. The number of carbonyl (C=O) groups is 1. The van der Waals surface area contributed by atoms with Crippen LogP contribution in [0.1, 0.15) is 39.2 Å². The number of nitrogens with one attached hydrogen (secondary N) is 1. The maximum absolute atomic E-state index is 12.7. The van der Waals surface area contributed by atoms with Gasteiger partial charge in [0.15, 0.2) is 11.3 Å². The first-order chi connectivity index (χ1) is 13.1. The van der Waals surface area contributed by atoms with Crippen LogP contribution >= 0.6 is 11.3 Å². The minimum absolute atomic E-state index is 0.106.